The van der Waals surface area contributed by atoms with E-state index in [0.29, 0.717) is 5.76 Å². The maximum Gasteiger partial charge on any atom is 0.342 e. The van der Waals surface area contributed by atoms with Crippen LogP contribution in [-0.2, 0) is 9.53 Å². The van der Waals surface area contributed by atoms with E-state index >= 15 is 0 Å². The number of ether oxygens (including phenoxy) is 1. The predicted octanol–water partition coefficient (Wildman–Crippen LogP) is 2.02. The molecule has 1 aromatic carbocycles. The first kappa shape index (κ1) is 14.6. The monoisotopic (exact) mass is 289 g/mol. The molecular formula is C15H15NO5. The first-order valence-corrected chi connectivity index (χ1v) is 6.36. The van der Waals surface area contributed by atoms with E-state index in [4.69, 9.17) is 9.15 Å². The van der Waals surface area contributed by atoms with E-state index in [0.717, 1.165) is 0 Å². The van der Waals surface area contributed by atoms with Crippen molar-refractivity contribution >= 4 is 11.9 Å². The van der Waals surface area contributed by atoms with Crippen LogP contribution in [0.4, 0.5) is 0 Å². The number of hydrogen-bond donors (Lipinski definition) is 2. The lowest BCUT2D eigenvalue weighted by molar-refractivity contribution is -0.125. The van der Waals surface area contributed by atoms with Gasteiger partial charge in [0.1, 0.15) is 17.1 Å². The fraction of sp³-hybridized carbons (Fsp3) is 0.200. The Labute approximate surface area is 121 Å². The van der Waals surface area contributed by atoms with Crippen LogP contribution in [-0.4, -0.2) is 23.6 Å². The molecule has 0 unspecified atom stereocenters. The number of phenols is 1. The summed E-state index contributed by atoms with van der Waals surface area (Å²) >= 11 is 0. The van der Waals surface area contributed by atoms with Gasteiger partial charge in [-0.25, -0.2) is 4.79 Å². The topological polar surface area (TPSA) is 88.8 Å². The summed E-state index contributed by atoms with van der Waals surface area (Å²) in [7, 11) is 0. The molecule has 2 rings (SSSR count). The normalized spacial score (nSPS) is 11.7. The molecule has 0 spiro atoms. The van der Waals surface area contributed by atoms with Crippen LogP contribution in [0.1, 0.15) is 29.1 Å². The number of para-hydroxylation sites is 1. The van der Waals surface area contributed by atoms with Crippen LogP contribution in [0.25, 0.3) is 0 Å². The number of phenolic OH excluding ortho intramolecular Hbond substituents is 1. The number of esters is 1. The standard InChI is InChI=1S/C15H15NO5/c1-10(13-7-4-8-20-13)16-14(18)9-21-15(19)11-5-2-3-6-12(11)17/h2-8,10,17H,9H2,1H3,(H,16,18)/t10-/m0/s1. The van der Waals surface area contributed by atoms with Crippen LogP contribution in [0.2, 0.25) is 0 Å². The number of aromatic hydroxyl groups is 1. The summed E-state index contributed by atoms with van der Waals surface area (Å²) < 4.78 is 10.00. The molecule has 0 aliphatic carbocycles. The van der Waals surface area contributed by atoms with Gasteiger partial charge >= 0.3 is 5.97 Å². The quantitative estimate of drug-likeness (QED) is 0.822. The van der Waals surface area contributed by atoms with E-state index in [2.05, 4.69) is 5.32 Å². The molecule has 1 amide bonds. The third-order valence-corrected chi connectivity index (χ3v) is 2.81. The van der Waals surface area contributed by atoms with Gasteiger partial charge in [-0.1, -0.05) is 12.1 Å². The maximum atomic E-state index is 11.7. The van der Waals surface area contributed by atoms with Crippen LogP contribution < -0.4 is 5.32 Å². The number of nitrogens with one attached hydrogen (secondary N) is 1. The van der Waals surface area contributed by atoms with Crippen LogP contribution >= 0.6 is 0 Å². The average Bonchev–Trinajstić information content (AvgIpc) is 2.99. The molecule has 0 bridgehead atoms. The zero-order valence-electron chi connectivity index (χ0n) is 11.4. The average molecular weight is 289 g/mol. The van der Waals surface area contributed by atoms with Gasteiger partial charge in [-0.05, 0) is 31.2 Å². The number of carbonyl (C=O) groups excluding carboxylic acids is 2. The van der Waals surface area contributed by atoms with Crippen molar-refractivity contribution in [2.24, 2.45) is 0 Å². The lowest BCUT2D eigenvalue weighted by atomic mass is 10.2. The van der Waals surface area contributed by atoms with Crippen molar-refractivity contribution in [1.29, 1.82) is 0 Å². The molecular weight excluding hydrogens is 274 g/mol. The molecule has 6 nitrogen and oxygen atoms in total. The Kier molecular flexibility index (Phi) is 4.61. The van der Waals surface area contributed by atoms with Gasteiger partial charge in [-0.3, -0.25) is 4.79 Å². The van der Waals surface area contributed by atoms with E-state index in [1.165, 1.54) is 18.4 Å². The largest absolute Gasteiger partial charge is 0.507 e. The zero-order chi connectivity index (χ0) is 15.2. The van der Waals surface area contributed by atoms with Gasteiger partial charge in [-0.2, -0.15) is 0 Å². The fourth-order valence-corrected chi connectivity index (χ4v) is 1.75. The highest BCUT2D eigenvalue weighted by Gasteiger charge is 2.16. The summed E-state index contributed by atoms with van der Waals surface area (Å²) in [6, 6.07) is 9.10. The molecule has 1 atom stereocenters. The van der Waals surface area contributed by atoms with E-state index in [1.54, 1.807) is 31.2 Å². The molecule has 0 aliphatic heterocycles. The van der Waals surface area contributed by atoms with Gasteiger partial charge in [-0.15, -0.1) is 0 Å². The van der Waals surface area contributed by atoms with Crippen molar-refractivity contribution in [3.63, 3.8) is 0 Å². The van der Waals surface area contributed by atoms with Crippen molar-refractivity contribution in [1.82, 2.24) is 5.32 Å². The minimum absolute atomic E-state index is 0.0179. The summed E-state index contributed by atoms with van der Waals surface area (Å²) in [6.07, 6.45) is 1.51. The van der Waals surface area contributed by atoms with Crippen LogP contribution in [0.3, 0.4) is 0 Å². The first-order chi connectivity index (χ1) is 10.1. The van der Waals surface area contributed by atoms with Gasteiger partial charge in [0.2, 0.25) is 0 Å². The highest BCUT2D eigenvalue weighted by atomic mass is 16.5. The van der Waals surface area contributed by atoms with Crippen molar-refractivity contribution < 1.29 is 23.8 Å². The van der Waals surface area contributed by atoms with E-state index < -0.39 is 18.5 Å². The molecule has 6 heteroatoms. The minimum atomic E-state index is -0.756. The maximum absolute atomic E-state index is 11.7. The minimum Gasteiger partial charge on any atom is -0.507 e. The Bertz CT molecular complexity index is 621. The second-order valence-electron chi connectivity index (χ2n) is 4.40. The Morgan fingerprint density at radius 1 is 1.29 bits per heavy atom. The molecule has 2 aromatic rings. The van der Waals surface area contributed by atoms with Gasteiger partial charge in [0.05, 0.1) is 12.3 Å². The van der Waals surface area contributed by atoms with Crippen LogP contribution in [0, 0.1) is 0 Å². The van der Waals surface area contributed by atoms with Gasteiger partial charge < -0.3 is 19.6 Å². The van der Waals surface area contributed by atoms with Crippen molar-refractivity contribution in [3.05, 3.63) is 54.0 Å². The number of amides is 1. The number of furan rings is 1. The summed E-state index contributed by atoms with van der Waals surface area (Å²) in [5, 5.41) is 12.1. The Balaban J connectivity index is 1.84. The SMILES string of the molecule is C[C@H](NC(=O)COC(=O)c1ccccc1O)c1ccco1. The summed E-state index contributed by atoms with van der Waals surface area (Å²) in [4.78, 5) is 23.4. The smallest absolute Gasteiger partial charge is 0.342 e. The molecule has 0 radical (unpaired) electrons. The van der Waals surface area contributed by atoms with E-state index in [9.17, 15) is 14.7 Å². The molecule has 21 heavy (non-hydrogen) atoms. The second kappa shape index (κ2) is 6.60. The molecule has 0 saturated carbocycles. The van der Waals surface area contributed by atoms with Crippen LogP contribution in [0.15, 0.2) is 47.1 Å². The Morgan fingerprint density at radius 2 is 2.05 bits per heavy atom. The predicted molar refractivity (Wildman–Crippen MR) is 73.7 cm³/mol. The third-order valence-electron chi connectivity index (χ3n) is 2.81. The summed E-state index contributed by atoms with van der Waals surface area (Å²) in [5.74, 6) is -0.793. The lowest BCUT2D eigenvalue weighted by Crippen LogP contribution is -2.31. The highest BCUT2D eigenvalue weighted by Crippen LogP contribution is 2.16. The Hall–Kier alpha value is -2.76. The van der Waals surface area contributed by atoms with Gasteiger partial charge in [0.15, 0.2) is 6.61 Å². The number of carbonyl (C=O) groups is 2. The molecule has 0 saturated heterocycles. The highest BCUT2D eigenvalue weighted by molar-refractivity contribution is 5.93. The number of benzene rings is 1. The third kappa shape index (κ3) is 3.85. The lowest BCUT2D eigenvalue weighted by Gasteiger charge is -2.11. The number of hydrogen-bond acceptors (Lipinski definition) is 5. The molecule has 110 valence electrons. The molecule has 0 aliphatic rings. The van der Waals surface area contributed by atoms with Crippen molar-refractivity contribution in [3.8, 4) is 5.75 Å². The van der Waals surface area contributed by atoms with Crippen molar-refractivity contribution in [2.75, 3.05) is 6.61 Å². The fourth-order valence-electron chi connectivity index (χ4n) is 1.75. The summed E-state index contributed by atoms with van der Waals surface area (Å²) in [5.41, 5.74) is 0.0179. The first-order valence-electron chi connectivity index (χ1n) is 6.36. The molecule has 1 heterocycles. The molecule has 2 N–H and O–H groups in total. The van der Waals surface area contributed by atoms with E-state index in [1.807, 2.05) is 0 Å². The molecule has 0 fully saturated rings. The zero-order valence-corrected chi connectivity index (χ0v) is 11.4. The van der Waals surface area contributed by atoms with Crippen LogP contribution in [0.5, 0.6) is 5.75 Å². The molecule has 1 aromatic heterocycles. The van der Waals surface area contributed by atoms with E-state index in [-0.39, 0.29) is 17.4 Å². The summed E-state index contributed by atoms with van der Waals surface area (Å²) in [6.45, 7) is 1.32. The Morgan fingerprint density at radius 3 is 2.71 bits per heavy atom. The van der Waals surface area contributed by atoms with Crippen molar-refractivity contribution in [2.45, 2.75) is 13.0 Å². The second-order valence-corrected chi connectivity index (χ2v) is 4.40. The van der Waals surface area contributed by atoms with Gasteiger partial charge in [0, 0.05) is 0 Å². The van der Waals surface area contributed by atoms with Gasteiger partial charge in [0.25, 0.3) is 5.91 Å². The number of rotatable bonds is 5.